The Labute approximate surface area is 185 Å². The molecule has 4 heterocycles. The van der Waals surface area contributed by atoms with Gasteiger partial charge in [-0.2, -0.15) is 18.0 Å². The fourth-order valence-corrected chi connectivity index (χ4v) is 4.39. The highest BCUT2D eigenvalue weighted by molar-refractivity contribution is 5.66. The summed E-state index contributed by atoms with van der Waals surface area (Å²) in [4.78, 5) is 24.6. The summed E-state index contributed by atoms with van der Waals surface area (Å²) in [6.07, 6.45) is -1.23. The number of aliphatic carboxylic acids is 1. The van der Waals surface area contributed by atoms with Crippen LogP contribution in [0.1, 0.15) is 5.56 Å². The number of halogens is 3. The molecule has 2 aliphatic heterocycles. The topological polar surface area (TPSA) is 113 Å². The molecule has 13 heteroatoms. The van der Waals surface area contributed by atoms with Crippen molar-refractivity contribution < 1.29 is 23.1 Å². The van der Waals surface area contributed by atoms with Crippen molar-refractivity contribution in [2.75, 3.05) is 36.0 Å². The number of hydrogen-bond donors (Lipinski definition) is 1. The molecule has 0 radical (unpaired) electrons. The van der Waals surface area contributed by atoms with Crippen molar-refractivity contribution in [3.63, 3.8) is 0 Å². The van der Waals surface area contributed by atoms with Crippen molar-refractivity contribution in [3.8, 4) is 11.4 Å². The number of nitrogens with zero attached hydrogens (tertiary/aromatic N) is 8. The number of anilines is 2. The van der Waals surface area contributed by atoms with Crippen LogP contribution in [0.3, 0.4) is 0 Å². The third-order valence-corrected chi connectivity index (χ3v) is 5.93. The first-order valence-corrected chi connectivity index (χ1v) is 10.3. The van der Waals surface area contributed by atoms with Crippen LogP contribution in [0.4, 0.5) is 24.8 Å². The van der Waals surface area contributed by atoms with Gasteiger partial charge in [0.15, 0.2) is 6.54 Å². The Morgan fingerprint density at radius 1 is 1.06 bits per heavy atom. The van der Waals surface area contributed by atoms with Gasteiger partial charge in [-0.25, -0.2) is 9.97 Å². The molecule has 3 aromatic rings. The van der Waals surface area contributed by atoms with Crippen molar-refractivity contribution in [2.24, 2.45) is 11.8 Å². The molecule has 0 aliphatic carbocycles. The predicted molar refractivity (Wildman–Crippen MR) is 109 cm³/mol. The molecule has 2 saturated heterocycles. The zero-order valence-corrected chi connectivity index (χ0v) is 17.2. The molecule has 2 unspecified atom stereocenters. The second-order valence-electron chi connectivity index (χ2n) is 8.19. The SMILES string of the molecule is O=C(O)Cn1nnc(-c2cnc(N3CC4CN(c5cccc(C(F)(F)F)c5)CC4C3)nc2)n1. The average molecular weight is 460 g/mol. The maximum absolute atomic E-state index is 13.0. The molecular weight excluding hydrogens is 441 g/mol. The molecule has 0 bridgehead atoms. The minimum Gasteiger partial charge on any atom is -0.480 e. The molecule has 10 nitrogen and oxygen atoms in total. The Hall–Kier alpha value is -3.77. The molecule has 5 rings (SSSR count). The molecule has 0 saturated carbocycles. The number of tetrazole rings is 1. The number of carboxylic acids is 1. The quantitative estimate of drug-likeness (QED) is 0.609. The molecule has 2 fully saturated rings. The monoisotopic (exact) mass is 460 g/mol. The number of rotatable bonds is 5. The van der Waals surface area contributed by atoms with E-state index < -0.39 is 17.7 Å². The molecule has 0 spiro atoms. The zero-order chi connectivity index (χ0) is 23.2. The molecule has 33 heavy (non-hydrogen) atoms. The van der Waals surface area contributed by atoms with Crippen molar-refractivity contribution in [3.05, 3.63) is 42.2 Å². The number of alkyl halides is 3. The zero-order valence-electron chi connectivity index (χ0n) is 17.2. The lowest BCUT2D eigenvalue weighted by Gasteiger charge is -2.24. The van der Waals surface area contributed by atoms with E-state index in [-0.39, 0.29) is 12.4 Å². The first kappa shape index (κ1) is 21.1. The van der Waals surface area contributed by atoms with Gasteiger partial charge in [-0.05, 0) is 23.4 Å². The third kappa shape index (κ3) is 4.30. The smallest absolute Gasteiger partial charge is 0.416 e. The number of benzene rings is 1. The van der Waals surface area contributed by atoms with Gasteiger partial charge >= 0.3 is 12.1 Å². The molecule has 0 amide bonds. The van der Waals surface area contributed by atoms with Crippen LogP contribution in [0.2, 0.25) is 0 Å². The Kier molecular flexibility index (Phi) is 5.10. The predicted octanol–water partition coefficient (Wildman–Crippen LogP) is 1.81. The van der Waals surface area contributed by atoms with Gasteiger partial charge in [0.1, 0.15) is 0 Å². The minimum absolute atomic E-state index is 0.234. The standard InChI is InChI=1S/C20H19F3N8O2/c21-20(22,23)15-2-1-3-16(4-15)29-7-13-9-30(10-14(13)8-29)19-24-5-12(6-25-19)18-26-28-31(27-18)11-17(32)33/h1-6,13-14H,7-11H2,(H,32,33). The number of carbonyl (C=O) groups is 1. The summed E-state index contributed by atoms with van der Waals surface area (Å²) >= 11 is 0. The lowest BCUT2D eigenvalue weighted by molar-refractivity contribution is -0.138. The third-order valence-electron chi connectivity index (χ3n) is 5.93. The van der Waals surface area contributed by atoms with Crippen molar-refractivity contribution in [1.82, 2.24) is 30.2 Å². The fraction of sp³-hybridized carbons (Fsp3) is 0.400. The highest BCUT2D eigenvalue weighted by Gasteiger charge is 2.41. The summed E-state index contributed by atoms with van der Waals surface area (Å²) in [5.41, 5.74) is 0.477. The van der Waals surface area contributed by atoms with E-state index in [2.05, 4.69) is 30.3 Å². The van der Waals surface area contributed by atoms with E-state index in [9.17, 15) is 18.0 Å². The largest absolute Gasteiger partial charge is 0.480 e. The summed E-state index contributed by atoms with van der Waals surface area (Å²) in [7, 11) is 0. The highest BCUT2D eigenvalue weighted by Crippen LogP contribution is 2.37. The maximum Gasteiger partial charge on any atom is 0.416 e. The van der Waals surface area contributed by atoms with E-state index >= 15 is 0 Å². The Morgan fingerprint density at radius 3 is 2.36 bits per heavy atom. The van der Waals surface area contributed by atoms with Crippen LogP contribution in [0, 0.1) is 11.8 Å². The van der Waals surface area contributed by atoms with Gasteiger partial charge in [-0.1, -0.05) is 6.07 Å². The normalized spacial score (nSPS) is 20.3. The minimum atomic E-state index is -4.36. The lowest BCUT2D eigenvalue weighted by atomic mass is 10.0. The van der Waals surface area contributed by atoms with Gasteiger partial charge in [0.05, 0.1) is 11.1 Å². The Balaban J connectivity index is 1.22. The van der Waals surface area contributed by atoms with Gasteiger partial charge in [0.25, 0.3) is 0 Å². The van der Waals surface area contributed by atoms with Crippen LogP contribution in [0.25, 0.3) is 11.4 Å². The summed E-state index contributed by atoms with van der Waals surface area (Å²) in [6.45, 7) is 2.40. The first-order chi connectivity index (χ1) is 15.8. The summed E-state index contributed by atoms with van der Waals surface area (Å²) in [5.74, 6) is 0.326. The number of hydrogen-bond acceptors (Lipinski definition) is 8. The van der Waals surface area contributed by atoms with Crippen molar-refractivity contribution in [1.29, 1.82) is 0 Å². The van der Waals surface area contributed by atoms with Crippen LogP contribution in [0.15, 0.2) is 36.7 Å². The van der Waals surface area contributed by atoms with Crippen LogP contribution in [-0.4, -0.2) is 67.4 Å². The molecule has 2 aliphatic rings. The van der Waals surface area contributed by atoms with Crippen LogP contribution >= 0.6 is 0 Å². The van der Waals surface area contributed by atoms with Gasteiger partial charge in [0, 0.05) is 56.1 Å². The van der Waals surface area contributed by atoms with Gasteiger partial charge in [-0.3, -0.25) is 4.79 Å². The maximum atomic E-state index is 13.0. The molecule has 2 atom stereocenters. The molecule has 1 N–H and O–H groups in total. The second kappa shape index (κ2) is 7.98. The average Bonchev–Trinajstić information content (AvgIpc) is 3.48. The van der Waals surface area contributed by atoms with E-state index in [1.54, 1.807) is 18.5 Å². The number of fused-ring (bicyclic) bond motifs is 1. The van der Waals surface area contributed by atoms with Gasteiger partial charge in [0.2, 0.25) is 11.8 Å². The van der Waals surface area contributed by atoms with Gasteiger partial charge in [-0.15, -0.1) is 10.2 Å². The molecule has 1 aromatic carbocycles. The van der Waals surface area contributed by atoms with Crippen molar-refractivity contribution >= 4 is 17.6 Å². The summed E-state index contributed by atoms with van der Waals surface area (Å²) in [6, 6.07) is 5.46. The first-order valence-electron chi connectivity index (χ1n) is 10.3. The van der Waals surface area contributed by atoms with Crippen molar-refractivity contribution in [2.45, 2.75) is 12.7 Å². The van der Waals surface area contributed by atoms with Gasteiger partial charge < -0.3 is 14.9 Å². The summed E-state index contributed by atoms with van der Waals surface area (Å²) < 4.78 is 39.1. The van der Waals surface area contributed by atoms with Crippen LogP contribution < -0.4 is 9.80 Å². The van der Waals surface area contributed by atoms with Crippen LogP contribution in [0.5, 0.6) is 0 Å². The fourth-order valence-electron chi connectivity index (χ4n) is 4.39. The van der Waals surface area contributed by atoms with E-state index in [0.717, 1.165) is 10.9 Å². The van der Waals surface area contributed by atoms with E-state index in [1.165, 1.54) is 12.1 Å². The molecule has 172 valence electrons. The Bertz CT molecular complexity index is 1150. The Morgan fingerprint density at radius 2 is 1.73 bits per heavy atom. The van der Waals surface area contributed by atoms with Crippen LogP contribution in [-0.2, 0) is 17.5 Å². The summed E-state index contributed by atoms with van der Waals surface area (Å²) in [5, 5.41) is 20.3. The lowest BCUT2D eigenvalue weighted by Crippen LogP contribution is -2.29. The second-order valence-corrected chi connectivity index (χ2v) is 8.19. The molecule has 2 aromatic heterocycles. The number of carboxylic acid groups (broad SMARTS) is 1. The highest BCUT2D eigenvalue weighted by atomic mass is 19.4. The number of aromatic nitrogens is 6. The van der Waals surface area contributed by atoms with E-state index in [4.69, 9.17) is 5.11 Å². The van der Waals surface area contributed by atoms with E-state index in [0.29, 0.717) is 55.2 Å². The molecular formula is C20H19F3N8O2. The van der Waals surface area contributed by atoms with E-state index in [1.807, 2.05) is 4.90 Å².